The summed E-state index contributed by atoms with van der Waals surface area (Å²) >= 11 is 10.7. The average molecular weight is 231 g/mol. The second-order valence-electron chi connectivity index (χ2n) is 1.87. The van der Waals surface area contributed by atoms with Crippen LogP contribution < -0.4 is 0 Å². The van der Waals surface area contributed by atoms with Crippen LogP contribution in [0.4, 0.5) is 0 Å². The minimum absolute atomic E-state index is 0.231. The summed E-state index contributed by atoms with van der Waals surface area (Å²) in [7, 11) is 0. The van der Waals surface area contributed by atoms with Crippen LogP contribution in [0.1, 0.15) is 0 Å². The molecule has 2 aromatic rings. The molecule has 8 heteroatoms. The van der Waals surface area contributed by atoms with Gasteiger partial charge in [-0.05, 0) is 16.8 Å². The summed E-state index contributed by atoms with van der Waals surface area (Å²) in [5.74, 6) is 0. The van der Waals surface area contributed by atoms with Gasteiger partial charge >= 0.3 is 0 Å². The van der Waals surface area contributed by atoms with E-state index in [9.17, 15) is 0 Å². The molecule has 0 saturated carbocycles. The number of hydrogen-bond donors (Lipinski definition) is 0. The Kier molecular flexibility index (Phi) is 4.66. The zero-order valence-electron chi connectivity index (χ0n) is 6.75. The smallest absolute Gasteiger partial charge is 0.225 e. The van der Waals surface area contributed by atoms with E-state index in [4.69, 9.17) is 23.2 Å². The monoisotopic (exact) mass is 230 g/mol. The van der Waals surface area contributed by atoms with Gasteiger partial charge in [0, 0.05) is 0 Å². The van der Waals surface area contributed by atoms with Crippen LogP contribution in [0.3, 0.4) is 0 Å². The highest BCUT2D eigenvalue weighted by atomic mass is 35.5. The van der Waals surface area contributed by atoms with Gasteiger partial charge in [0.05, 0.1) is 17.4 Å². The zero-order valence-corrected chi connectivity index (χ0v) is 8.26. The largest absolute Gasteiger partial charge is 0.225 e. The van der Waals surface area contributed by atoms with E-state index in [-0.39, 0.29) is 5.28 Å². The summed E-state index contributed by atoms with van der Waals surface area (Å²) in [6.07, 6.45) is 5.54. The molecule has 0 spiro atoms. The van der Waals surface area contributed by atoms with Crippen molar-refractivity contribution in [2.45, 2.75) is 0 Å². The molecule has 2 aromatic heterocycles. The molecule has 0 bridgehead atoms. The quantitative estimate of drug-likeness (QED) is 0.674. The maximum absolute atomic E-state index is 5.37. The summed E-state index contributed by atoms with van der Waals surface area (Å²) in [5.41, 5.74) is 0. The van der Waals surface area contributed by atoms with E-state index < -0.39 is 0 Å². The molecule has 0 aromatic carbocycles. The van der Waals surface area contributed by atoms with Crippen LogP contribution in [-0.2, 0) is 0 Å². The van der Waals surface area contributed by atoms with E-state index >= 15 is 0 Å². The third-order valence-electron chi connectivity index (χ3n) is 0.927. The highest BCUT2D eigenvalue weighted by Crippen LogP contribution is 1.97. The maximum atomic E-state index is 5.37. The van der Waals surface area contributed by atoms with Gasteiger partial charge < -0.3 is 0 Å². The molecule has 14 heavy (non-hydrogen) atoms. The predicted molar refractivity (Wildman–Crippen MR) is 49.7 cm³/mol. The second-order valence-corrected chi connectivity index (χ2v) is 2.65. The summed E-state index contributed by atoms with van der Waals surface area (Å²) in [5, 5.41) is 10.8. The van der Waals surface area contributed by atoms with Crippen LogP contribution in [0, 0.1) is 0 Å². The molecule has 0 fully saturated rings. The Balaban J connectivity index is 0.000000140. The first-order chi connectivity index (χ1) is 6.79. The molecule has 0 aliphatic rings. The van der Waals surface area contributed by atoms with Crippen molar-refractivity contribution in [1.82, 2.24) is 30.4 Å². The summed E-state index contributed by atoms with van der Waals surface area (Å²) < 4.78 is 0. The normalized spacial score (nSPS) is 8.71. The lowest BCUT2D eigenvalue weighted by molar-refractivity contribution is 0.865. The SMILES string of the molecule is Clc1cnnnc1.Clc1ncncn1. The lowest BCUT2D eigenvalue weighted by Crippen LogP contribution is -1.80. The molecule has 72 valence electrons. The molecular weight excluding hydrogens is 227 g/mol. The van der Waals surface area contributed by atoms with Crippen LogP contribution in [0.2, 0.25) is 10.3 Å². The molecule has 0 N–H and O–H groups in total. The van der Waals surface area contributed by atoms with Crippen LogP contribution in [-0.4, -0.2) is 30.4 Å². The van der Waals surface area contributed by atoms with Gasteiger partial charge in [-0.3, -0.25) is 0 Å². The zero-order chi connectivity index (χ0) is 10.2. The minimum Gasteiger partial charge on any atom is -0.225 e. The van der Waals surface area contributed by atoms with Gasteiger partial charge in [-0.15, -0.1) is 10.2 Å². The molecule has 0 aliphatic carbocycles. The highest BCUT2D eigenvalue weighted by molar-refractivity contribution is 6.30. The van der Waals surface area contributed by atoms with Crippen molar-refractivity contribution in [3.05, 3.63) is 35.4 Å². The van der Waals surface area contributed by atoms with Gasteiger partial charge in [0.1, 0.15) is 12.7 Å². The first-order valence-corrected chi connectivity index (χ1v) is 4.11. The Morgan fingerprint density at radius 1 is 0.929 bits per heavy atom. The van der Waals surface area contributed by atoms with Crippen molar-refractivity contribution in [2.75, 3.05) is 0 Å². The van der Waals surface area contributed by atoms with Crippen LogP contribution in [0.15, 0.2) is 25.0 Å². The molecule has 0 aliphatic heterocycles. The van der Waals surface area contributed by atoms with Gasteiger partial charge in [0.25, 0.3) is 0 Å². The molecule has 0 amide bonds. The number of hydrogen-bond acceptors (Lipinski definition) is 6. The van der Waals surface area contributed by atoms with E-state index in [1.165, 1.54) is 25.0 Å². The Morgan fingerprint density at radius 3 is 1.79 bits per heavy atom. The summed E-state index contributed by atoms with van der Waals surface area (Å²) in [6, 6.07) is 0. The van der Waals surface area contributed by atoms with Gasteiger partial charge in [-0.2, -0.15) is 0 Å². The summed E-state index contributed by atoms with van der Waals surface area (Å²) in [6.45, 7) is 0. The van der Waals surface area contributed by atoms with E-state index in [0.717, 1.165) is 0 Å². The van der Waals surface area contributed by atoms with E-state index in [1.807, 2.05) is 0 Å². The van der Waals surface area contributed by atoms with Crippen molar-refractivity contribution in [3.63, 3.8) is 0 Å². The third kappa shape index (κ3) is 4.58. The minimum atomic E-state index is 0.231. The Hall–Kier alpha value is -1.40. The first-order valence-electron chi connectivity index (χ1n) is 3.35. The molecule has 2 rings (SSSR count). The molecular formula is C6H4Cl2N6. The second kappa shape index (κ2) is 6.11. The lowest BCUT2D eigenvalue weighted by Gasteiger charge is -1.78. The predicted octanol–water partition coefficient (Wildman–Crippen LogP) is 1.05. The molecule has 6 nitrogen and oxygen atoms in total. The summed E-state index contributed by atoms with van der Waals surface area (Å²) in [4.78, 5) is 10.6. The number of aromatic nitrogens is 6. The maximum Gasteiger partial charge on any atom is 0.225 e. The molecule has 0 unspecified atom stereocenters. The van der Waals surface area contributed by atoms with E-state index in [0.29, 0.717) is 5.02 Å². The fourth-order valence-electron chi connectivity index (χ4n) is 0.450. The van der Waals surface area contributed by atoms with Crippen LogP contribution in [0.5, 0.6) is 0 Å². The number of halogens is 2. The number of rotatable bonds is 0. The molecule has 2 heterocycles. The lowest BCUT2D eigenvalue weighted by atomic mass is 10.7. The fourth-order valence-corrected chi connectivity index (χ4v) is 0.625. The standard InChI is InChI=1S/2C3H2ClN3/c4-3-6-1-5-2-7-3;4-3-1-5-7-6-2-3/h2*1-2H. The van der Waals surface area contributed by atoms with Crippen molar-refractivity contribution < 1.29 is 0 Å². The van der Waals surface area contributed by atoms with Crippen LogP contribution in [0.25, 0.3) is 0 Å². The Labute approximate surface area is 89.4 Å². The molecule has 0 radical (unpaired) electrons. The first kappa shape index (κ1) is 10.7. The van der Waals surface area contributed by atoms with Gasteiger partial charge in [-0.25, -0.2) is 15.0 Å². The molecule has 0 saturated heterocycles. The topological polar surface area (TPSA) is 77.3 Å². The van der Waals surface area contributed by atoms with E-state index in [2.05, 4.69) is 30.4 Å². The van der Waals surface area contributed by atoms with E-state index in [1.54, 1.807) is 0 Å². The Morgan fingerprint density at radius 2 is 1.50 bits per heavy atom. The van der Waals surface area contributed by atoms with Crippen molar-refractivity contribution in [2.24, 2.45) is 0 Å². The fraction of sp³-hybridized carbons (Fsp3) is 0. The average Bonchev–Trinajstić information content (AvgIpc) is 2.21. The van der Waals surface area contributed by atoms with Gasteiger partial charge in [0.15, 0.2) is 0 Å². The number of nitrogens with zero attached hydrogens (tertiary/aromatic N) is 6. The third-order valence-corrected chi connectivity index (χ3v) is 1.32. The van der Waals surface area contributed by atoms with Gasteiger partial charge in [-0.1, -0.05) is 11.6 Å². The van der Waals surface area contributed by atoms with Crippen molar-refractivity contribution in [3.8, 4) is 0 Å². The van der Waals surface area contributed by atoms with Crippen molar-refractivity contribution >= 4 is 23.2 Å². The van der Waals surface area contributed by atoms with Crippen LogP contribution >= 0.6 is 23.2 Å². The highest BCUT2D eigenvalue weighted by Gasteiger charge is 1.79. The molecule has 0 atom stereocenters. The van der Waals surface area contributed by atoms with Crippen molar-refractivity contribution in [1.29, 1.82) is 0 Å². The Bertz CT molecular complexity index is 318. The van der Waals surface area contributed by atoms with Gasteiger partial charge in [0.2, 0.25) is 5.28 Å².